The lowest BCUT2D eigenvalue weighted by atomic mass is 9.48. The van der Waals surface area contributed by atoms with Crippen LogP contribution in [0.25, 0.3) is 0 Å². The van der Waals surface area contributed by atoms with Gasteiger partial charge in [-0.3, -0.25) is 4.68 Å². The third-order valence-corrected chi connectivity index (χ3v) is 10.1. The van der Waals surface area contributed by atoms with Gasteiger partial charge in [0.25, 0.3) is 0 Å². The van der Waals surface area contributed by atoms with Crippen LogP contribution < -0.4 is 0 Å². The summed E-state index contributed by atoms with van der Waals surface area (Å²) >= 11 is 0. The summed E-state index contributed by atoms with van der Waals surface area (Å²) in [6, 6.07) is 2.01. The minimum Gasteiger partial charge on any atom is -0.387 e. The lowest BCUT2D eigenvalue weighted by molar-refractivity contribution is -0.127. The van der Waals surface area contributed by atoms with Gasteiger partial charge in [-0.15, -0.1) is 0 Å². The van der Waals surface area contributed by atoms with Crippen molar-refractivity contribution in [2.75, 3.05) is 13.2 Å². The molecular weight excluding hydrogens is 384 g/mol. The summed E-state index contributed by atoms with van der Waals surface area (Å²) < 4.78 is 7.68. The molecule has 0 amide bonds. The van der Waals surface area contributed by atoms with Gasteiger partial charge < -0.3 is 9.84 Å². The first-order valence-electron chi connectivity index (χ1n) is 12.9. The van der Waals surface area contributed by atoms with E-state index in [1.807, 2.05) is 23.9 Å². The van der Waals surface area contributed by atoms with Crippen LogP contribution in [0.5, 0.6) is 0 Å². The van der Waals surface area contributed by atoms with Gasteiger partial charge in [0.15, 0.2) is 0 Å². The first kappa shape index (κ1) is 21.7. The van der Waals surface area contributed by atoms with Crippen LogP contribution in [0, 0.1) is 40.9 Å². The van der Waals surface area contributed by atoms with E-state index in [-0.39, 0.29) is 0 Å². The maximum absolute atomic E-state index is 11.1. The van der Waals surface area contributed by atoms with Crippen LogP contribution in [0.3, 0.4) is 0 Å². The standard InChI is InChI=1S/C27H42N2O2/c1-4-31-18-27(30)13-11-21-20(16-27)6-7-23-22(21)10-12-26(3)24(8-9-25(23)26)19(2)17-29-15-5-14-28-29/h5,14-15,20-25,30H,2,4,6-13,16-18H2,1,3H3/t20-,21-,22+,23+,24+,25-,26+,27+/m0/s1. The molecule has 1 N–H and O–H groups in total. The third kappa shape index (κ3) is 3.82. The maximum Gasteiger partial charge on any atom is 0.0883 e. The number of aliphatic hydroxyl groups is 1. The molecule has 1 aromatic heterocycles. The fourth-order valence-electron chi connectivity index (χ4n) is 8.77. The Kier molecular flexibility index (Phi) is 5.83. The number of hydrogen-bond acceptors (Lipinski definition) is 3. The molecule has 172 valence electrons. The number of rotatable bonds is 6. The van der Waals surface area contributed by atoms with Crippen LogP contribution in [0.1, 0.15) is 71.6 Å². The molecule has 4 aliphatic rings. The highest BCUT2D eigenvalue weighted by atomic mass is 16.5. The fraction of sp³-hybridized carbons (Fsp3) is 0.815. The summed E-state index contributed by atoms with van der Waals surface area (Å²) in [5.41, 5.74) is 1.23. The molecule has 4 aliphatic carbocycles. The summed E-state index contributed by atoms with van der Waals surface area (Å²) in [7, 11) is 0. The topological polar surface area (TPSA) is 47.3 Å². The zero-order valence-electron chi connectivity index (χ0n) is 19.6. The average molecular weight is 427 g/mol. The first-order valence-corrected chi connectivity index (χ1v) is 12.9. The zero-order valence-corrected chi connectivity index (χ0v) is 19.6. The zero-order chi connectivity index (χ0) is 21.6. The lowest BCUT2D eigenvalue weighted by Gasteiger charge is -2.57. The van der Waals surface area contributed by atoms with E-state index in [0.717, 1.165) is 43.1 Å². The predicted molar refractivity (Wildman–Crippen MR) is 123 cm³/mol. The van der Waals surface area contributed by atoms with Crippen LogP contribution in [-0.2, 0) is 11.3 Å². The van der Waals surface area contributed by atoms with E-state index in [4.69, 9.17) is 4.74 Å². The molecule has 0 saturated heterocycles. The van der Waals surface area contributed by atoms with Crippen molar-refractivity contribution < 1.29 is 9.84 Å². The fourth-order valence-corrected chi connectivity index (χ4v) is 8.77. The number of nitrogens with zero attached hydrogens (tertiary/aromatic N) is 2. The molecule has 1 aromatic rings. The highest BCUT2D eigenvalue weighted by Crippen LogP contribution is 2.65. The first-order chi connectivity index (χ1) is 14.9. The Labute approximate surface area is 188 Å². The second-order valence-corrected chi connectivity index (χ2v) is 11.6. The quantitative estimate of drug-likeness (QED) is 0.613. The number of fused-ring (bicyclic) bond motifs is 5. The minimum absolute atomic E-state index is 0.419. The second-order valence-electron chi connectivity index (χ2n) is 11.6. The van der Waals surface area contributed by atoms with Crippen LogP contribution in [-0.4, -0.2) is 33.7 Å². The Morgan fingerprint density at radius 1 is 1.13 bits per heavy atom. The summed E-state index contributed by atoms with van der Waals surface area (Å²) in [5.74, 6) is 4.80. The number of allylic oxidation sites excluding steroid dienone is 1. The van der Waals surface area contributed by atoms with Crippen molar-refractivity contribution in [1.29, 1.82) is 0 Å². The van der Waals surface area contributed by atoms with E-state index in [0.29, 0.717) is 30.5 Å². The number of hydrogen-bond donors (Lipinski definition) is 1. The van der Waals surface area contributed by atoms with Gasteiger partial charge in [-0.05, 0) is 112 Å². The number of aromatic nitrogens is 2. The smallest absolute Gasteiger partial charge is 0.0883 e. The summed E-state index contributed by atoms with van der Waals surface area (Å²) in [6.07, 6.45) is 15.1. The second kappa shape index (κ2) is 8.33. The Balaban J connectivity index is 1.27. The van der Waals surface area contributed by atoms with Crippen molar-refractivity contribution in [3.05, 3.63) is 30.6 Å². The molecule has 0 spiro atoms. The molecule has 0 aliphatic heterocycles. The van der Waals surface area contributed by atoms with Crippen molar-refractivity contribution in [3.8, 4) is 0 Å². The summed E-state index contributed by atoms with van der Waals surface area (Å²) in [4.78, 5) is 0. The lowest BCUT2D eigenvalue weighted by Crippen LogP contribution is -2.52. The van der Waals surface area contributed by atoms with Crippen molar-refractivity contribution in [2.45, 2.75) is 83.8 Å². The van der Waals surface area contributed by atoms with Gasteiger partial charge >= 0.3 is 0 Å². The van der Waals surface area contributed by atoms with Crippen molar-refractivity contribution in [2.24, 2.45) is 40.9 Å². The molecule has 0 bridgehead atoms. The highest BCUT2D eigenvalue weighted by molar-refractivity contribution is 5.15. The summed E-state index contributed by atoms with van der Waals surface area (Å²) in [5, 5.41) is 15.5. The molecule has 1 heterocycles. The molecular formula is C27H42N2O2. The van der Waals surface area contributed by atoms with Gasteiger partial charge in [0.2, 0.25) is 0 Å². The van der Waals surface area contributed by atoms with Gasteiger partial charge in [0.05, 0.1) is 18.8 Å². The van der Waals surface area contributed by atoms with Gasteiger partial charge in [-0.1, -0.05) is 19.1 Å². The van der Waals surface area contributed by atoms with Gasteiger partial charge in [-0.2, -0.15) is 5.10 Å². The van der Waals surface area contributed by atoms with Gasteiger partial charge in [-0.25, -0.2) is 0 Å². The minimum atomic E-state index is -0.574. The third-order valence-electron chi connectivity index (χ3n) is 10.1. The Morgan fingerprint density at radius 3 is 2.74 bits per heavy atom. The molecule has 0 aromatic carbocycles. The average Bonchev–Trinajstić information content (AvgIpc) is 3.39. The van der Waals surface area contributed by atoms with Crippen LogP contribution in [0.4, 0.5) is 0 Å². The molecule has 8 atom stereocenters. The molecule has 0 unspecified atom stereocenters. The maximum atomic E-state index is 11.1. The van der Waals surface area contributed by atoms with Crippen LogP contribution >= 0.6 is 0 Å². The SMILES string of the molecule is C=C(Cn1cccn1)[C@H]1CC[C@H]2[C@@H]3CC[C@H]4C[C@@](O)(COCC)CC[C@@H]4[C@H]3CC[C@]12C. The Bertz CT molecular complexity index is 776. The molecule has 4 fully saturated rings. The van der Waals surface area contributed by atoms with Crippen LogP contribution in [0.2, 0.25) is 0 Å². The van der Waals surface area contributed by atoms with Crippen molar-refractivity contribution in [3.63, 3.8) is 0 Å². The van der Waals surface area contributed by atoms with E-state index in [9.17, 15) is 5.11 Å². The van der Waals surface area contributed by atoms with E-state index in [2.05, 4.69) is 24.8 Å². The van der Waals surface area contributed by atoms with Crippen molar-refractivity contribution in [1.82, 2.24) is 9.78 Å². The largest absolute Gasteiger partial charge is 0.387 e. The van der Waals surface area contributed by atoms with E-state index in [1.54, 1.807) is 0 Å². The molecule has 31 heavy (non-hydrogen) atoms. The molecule has 5 rings (SSSR count). The van der Waals surface area contributed by atoms with Gasteiger partial charge in [0, 0.05) is 19.0 Å². The molecule has 4 heteroatoms. The van der Waals surface area contributed by atoms with Crippen molar-refractivity contribution >= 4 is 0 Å². The Morgan fingerprint density at radius 2 is 1.97 bits per heavy atom. The highest BCUT2D eigenvalue weighted by Gasteiger charge is 2.58. The predicted octanol–water partition coefficient (Wildman–Crippen LogP) is 5.48. The van der Waals surface area contributed by atoms with E-state index < -0.39 is 5.60 Å². The summed E-state index contributed by atoms with van der Waals surface area (Å²) in [6.45, 7) is 11.3. The molecule has 0 radical (unpaired) electrons. The van der Waals surface area contributed by atoms with E-state index >= 15 is 0 Å². The molecule has 4 saturated carbocycles. The number of ether oxygens (including phenoxy) is 1. The van der Waals surface area contributed by atoms with E-state index in [1.165, 1.54) is 50.5 Å². The Hall–Kier alpha value is -1.13. The monoisotopic (exact) mass is 426 g/mol. The van der Waals surface area contributed by atoms with Crippen LogP contribution in [0.15, 0.2) is 30.6 Å². The normalized spacial score (nSPS) is 44.4. The molecule has 4 nitrogen and oxygen atoms in total. The van der Waals surface area contributed by atoms with Gasteiger partial charge in [0.1, 0.15) is 0 Å².